The molecule has 1 amide bonds. The second-order valence-corrected chi connectivity index (χ2v) is 2.31. The van der Waals surface area contributed by atoms with Crippen molar-refractivity contribution in [3.8, 4) is 0 Å². The number of nitrogens with one attached hydrogen (secondary N) is 1. The molecule has 0 aromatic heterocycles. The normalized spacial score (nSPS) is 9.42. The molecule has 0 aliphatic rings. The maximum atomic E-state index is 10.8. The number of ether oxygens (including phenoxy) is 1. The van der Waals surface area contributed by atoms with Crippen LogP contribution in [0.2, 0.25) is 0 Å². The van der Waals surface area contributed by atoms with Crippen molar-refractivity contribution in [3.05, 3.63) is 0 Å². The summed E-state index contributed by atoms with van der Waals surface area (Å²) in [6, 6.07) is 0. The van der Waals surface area contributed by atoms with Gasteiger partial charge in [-0.2, -0.15) is 0 Å². The highest BCUT2D eigenvalue weighted by Crippen LogP contribution is 1.76. The summed E-state index contributed by atoms with van der Waals surface area (Å²) in [4.78, 5) is 21.0. The number of carbonyl (C=O) groups excluding carboxylic acids is 2. The van der Waals surface area contributed by atoms with Crippen LogP contribution < -0.4 is 5.32 Å². The lowest BCUT2D eigenvalue weighted by molar-refractivity contribution is -0.127. The molecule has 0 aliphatic carbocycles. The first kappa shape index (κ1) is 11.2. The van der Waals surface area contributed by atoms with E-state index >= 15 is 0 Å². The third-order valence-corrected chi connectivity index (χ3v) is 1.05. The molecule has 66 valence electrons. The molecule has 0 saturated heterocycles. The lowest BCUT2D eigenvalue weighted by Gasteiger charge is -2.02. The standard InChI is InChI=1S/C7H12BNO3/c1-2-3-9-7(11)5-12-4-6(8)10/h2-5H2,1H3,(H,9,11). The van der Waals surface area contributed by atoms with Gasteiger partial charge in [-0.25, -0.2) is 0 Å². The van der Waals surface area contributed by atoms with E-state index in [1.807, 2.05) is 6.92 Å². The molecule has 0 aromatic rings. The number of hydrogen-bond acceptors (Lipinski definition) is 3. The lowest BCUT2D eigenvalue weighted by atomic mass is 10.1. The Morgan fingerprint density at radius 2 is 2.08 bits per heavy atom. The van der Waals surface area contributed by atoms with Gasteiger partial charge in [-0.1, -0.05) is 6.92 Å². The number of amides is 1. The van der Waals surface area contributed by atoms with Crippen LogP contribution in [0, 0.1) is 0 Å². The van der Waals surface area contributed by atoms with Gasteiger partial charge in [0.25, 0.3) is 0 Å². The van der Waals surface area contributed by atoms with Crippen molar-refractivity contribution in [1.29, 1.82) is 0 Å². The largest absolute Gasteiger partial charge is 0.365 e. The van der Waals surface area contributed by atoms with Gasteiger partial charge in [0.15, 0.2) is 7.85 Å². The molecular formula is C7H12BNO3. The summed E-state index contributed by atoms with van der Waals surface area (Å²) in [6.45, 7) is 2.26. The fourth-order valence-electron chi connectivity index (χ4n) is 0.560. The molecule has 0 heterocycles. The van der Waals surface area contributed by atoms with Gasteiger partial charge in [-0.15, -0.1) is 0 Å². The van der Waals surface area contributed by atoms with Crippen molar-refractivity contribution in [1.82, 2.24) is 5.32 Å². The molecule has 12 heavy (non-hydrogen) atoms. The maximum absolute atomic E-state index is 10.8. The highest BCUT2D eigenvalue weighted by atomic mass is 16.5. The SMILES string of the molecule is [B]C(=O)COCC(=O)NCCC. The Balaban J connectivity index is 3.25. The van der Waals surface area contributed by atoms with Crippen molar-refractivity contribution in [2.75, 3.05) is 19.8 Å². The van der Waals surface area contributed by atoms with E-state index in [4.69, 9.17) is 7.85 Å². The van der Waals surface area contributed by atoms with Crippen LogP contribution in [0.15, 0.2) is 0 Å². The molecular weight excluding hydrogens is 157 g/mol. The van der Waals surface area contributed by atoms with Crippen molar-refractivity contribution in [2.45, 2.75) is 13.3 Å². The summed E-state index contributed by atoms with van der Waals surface area (Å²) in [6.07, 6.45) is 0.877. The summed E-state index contributed by atoms with van der Waals surface area (Å²) >= 11 is 0. The summed E-state index contributed by atoms with van der Waals surface area (Å²) in [5.41, 5.74) is -0.571. The summed E-state index contributed by atoms with van der Waals surface area (Å²) in [5.74, 6) is -0.224. The molecule has 2 radical (unpaired) electrons. The first-order valence-electron chi connectivity index (χ1n) is 3.79. The van der Waals surface area contributed by atoms with Crippen LogP contribution in [-0.4, -0.2) is 39.2 Å². The molecule has 0 fully saturated rings. The topological polar surface area (TPSA) is 55.4 Å². The minimum Gasteiger partial charge on any atom is -0.365 e. The second-order valence-electron chi connectivity index (χ2n) is 2.31. The smallest absolute Gasteiger partial charge is 0.246 e. The van der Waals surface area contributed by atoms with Crippen LogP contribution in [0.3, 0.4) is 0 Å². The van der Waals surface area contributed by atoms with Crippen LogP contribution in [0.4, 0.5) is 0 Å². The van der Waals surface area contributed by atoms with Gasteiger partial charge >= 0.3 is 0 Å². The van der Waals surface area contributed by atoms with Crippen LogP contribution >= 0.6 is 0 Å². The Hall–Kier alpha value is -0.835. The highest BCUT2D eigenvalue weighted by Gasteiger charge is 1.99. The minimum atomic E-state index is -0.571. The summed E-state index contributed by atoms with van der Waals surface area (Å²) < 4.78 is 4.67. The number of rotatable bonds is 6. The predicted molar refractivity (Wildman–Crippen MR) is 44.9 cm³/mol. The van der Waals surface area contributed by atoms with Crippen LogP contribution in [0.1, 0.15) is 13.3 Å². The number of hydrogen-bond donors (Lipinski definition) is 1. The van der Waals surface area contributed by atoms with Crippen LogP contribution in [0.5, 0.6) is 0 Å². The van der Waals surface area contributed by atoms with Crippen molar-refractivity contribution >= 4 is 19.4 Å². The van der Waals surface area contributed by atoms with E-state index in [0.717, 1.165) is 6.42 Å². The van der Waals surface area contributed by atoms with E-state index in [9.17, 15) is 9.59 Å². The molecule has 0 aromatic carbocycles. The van der Waals surface area contributed by atoms with E-state index in [0.29, 0.717) is 6.54 Å². The molecule has 1 N–H and O–H groups in total. The molecule has 0 atom stereocenters. The van der Waals surface area contributed by atoms with Crippen LogP contribution in [0.25, 0.3) is 0 Å². The van der Waals surface area contributed by atoms with Gasteiger partial charge in [-0.3, -0.25) is 4.79 Å². The average molecular weight is 169 g/mol. The fraction of sp³-hybridized carbons (Fsp3) is 0.714. The molecule has 4 nitrogen and oxygen atoms in total. The molecule has 0 saturated carbocycles. The maximum Gasteiger partial charge on any atom is 0.246 e. The Kier molecular flexibility index (Phi) is 6.37. The zero-order valence-electron chi connectivity index (χ0n) is 7.13. The zero-order chi connectivity index (χ0) is 9.40. The average Bonchev–Trinajstić information content (AvgIpc) is 2.00. The van der Waals surface area contributed by atoms with E-state index in [1.165, 1.54) is 0 Å². The van der Waals surface area contributed by atoms with Crippen molar-refractivity contribution in [2.24, 2.45) is 0 Å². The molecule has 0 spiro atoms. The van der Waals surface area contributed by atoms with Gasteiger partial charge in [0.05, 0.1) is 6.61 Å². The van der Waals surface area contributed by atoms with Gasteiger partial charge in [0.1, 0.15) is 12.3 Å². The zero-order valence-corrected chi connectivity index (χ0v) is 7.13. The molecule has 0 rings (SSSR count). The van der Waals surface area contributed by atoms with Gasteiger partial charge < -0.3 is 14.8 Å². The van der Waals surface area contributed by atoms with Gasteiger partial charge in [0.2, 0.25) is 5.91 Å². The summed E-state index contributed by atoms with van der Waals surface area (Å²) in [7, 11) is 4.78. The first-order chi connectivity index (χ1) is 5.66. The summed E-state index contributed by atoms with van der Waals surface area (Å²) in [5, 5.41) is 2.59. The van der Waals surface area contributed by atoms with Gasteiger partial charge in [-0.05, 0) is 6.42 Å². The second kappa shape index (κ2) is 6.85. The van der Waals surface area contributed by atoms with Crippen LogP contribution in [-0.2, 0) is 14.3 Å². The third kappa shape index (κ3) is 7.27. The minimum absolute atomic E-state index is 0.108. The van der Waals surface area contributed by atoms with Gasteiger partial charge in [0, 0.05) is 6.54 Å². The van der Waals surface area contributed by atoms with Crippen molar-refractivity contribution in [3.63, 3.8) is 0 Å². The highest BCUT2D eigenvalue weighted by molar-refractivity contribution is 6.58. The Labute approximate surface area is 73.1 Å². The van der Waals surface area contributed by atoms with E-state index in [2.05, 4.69) is 10.1 Å². The number of carbonyl (C=O) groups is 2. The van der Waals surface area contributed by atoms with E-state index in [1.54, 1.807) is 0 Å². The quantitative estimate of drug-likeness (QED) is 0.531. The molecule has 5 heteroatoms. The fourth-order valence-corrected chi connectivity index (χ4v) is 0.560. The predicted octanol–water partition coefficient (Wildman–Crippen LogP) is -0.776. The van der Waals surface area contributed by atoms with E-state index < -0.39 is 5.68 Å². The first-order valence-corrected chi connectivity index (χ1v) is 3.79. The Bertz CT molecular complexity index is 161. The Morgan fingerprint density at radius 3 is 2.58 bits per heavy atom. The molecule has 0 aliphatic heterocycles. The molecule has 0 bridgehead atoms. The van der Waals surface area contributed by atoms with E-state index in [-0.39, 0.29) is 19.1 Å². The monoisotopic (exact) mass is 169 g/mol. The lowest BCUT2D eigenvalue weighted by Crippen LogP contribution is -2.29. The third-order valence-electron chi connectivity index (χ3n) is 1.05. The molecule has 0 unspecified atom stereocenters. The van der Waals surface area contributed by atoms with Crippen molar-refractivity contribution < 1.29 is 14.3 Å². The Morgan fingerprint density at radius 1 is 1.42 bits per heavy atom.